The van der Waals surface area contributed by atoms with Crippen molar-refractivity contribution in [3.63, 3.8) is 0 Å². The van der Waals surface area contributed by atoms with Gasteiger partial charge in [-0.05, 0) is 55.2 Å². The van der Waals surface area contributed by atoms with E-state index < -0.39 is 6.04 Å². The summed E-state index contributed by atoms with van der Waals surface area (Å²) in [6.07, 6.45) is 10.2. The molecule has 1 heterocycles. The number of nitrogens with one attached hydrogen (secondary N) is 1. The summed E-state index contributed by atoms with van der Waals surface area (Å²) >= 11 is 0. The van der Waals surface area contributed by atoms with Gasteiger partial charge in [0.05, 0.1) is 6.04 Å². The van der Waals surface area contributed by atoms with Crippen LogP contribution >= 0.6 is 0 Å². The Balaban J connectivity index is 1.43. The fourth-order valence-corrected chi connectivity index (χ4v) is 4.85. The first kappa shape index (κ1) is 22.3. The molecule has 1 aliphatic carbocycles. The van der Waals surface area contributed by atoms with Crippen LogP contribution in [0.1, 0.15) is 43.2 Å². The molecule has 0 spiro atoms. The monoisotopic (exact) mass is 431 g/mol. The molecule has 0 saturated heterocycles. The van der Waals surface area contributed by atoms with E-state index in [1.807, 2.05) is 47.4 Å². The minimum absolute atomic E-state index is 0.0472. The van der Waals surface area contributed by atoms with Gasteiger partial charge in [-0.25, -0.2) is 0 Å². The van der Waals surface area contributed by atoms with Crippen LogP contribution in [0, 0.1) is 5.92 Å². The first-order valence-electron chi connectivity index (χ1n) is 11.8. The van der Waals surface area contributed by atoms with Crippen LogP contribution in [0.4, 0.5) is 5.69 Å². The molecule has 2 aromatic carbocycles. The Morgan fingerprint density at radius 2 is 1.78 bits per heavy atom. The van der Waals surface area contributed by atoms with Crippen molar-refractivity contribution in [1.29, 1.82) is 0 Å². The van der Waals surface area contributed by atoms with Gasteiger partial charge in [0, 0.05) is 24.4 Å². The number of amides is 2. The minimum Gasteiger partial charge on any atom is -0.349 e. The predicted molar refractivity (Wildman–Crippen MR) is 128 cm³/mol. The number of benzene rings is 2. The highest BCUT2D eigenvalue weighted by Gasteiger charge is 2.28. The summed E-state index contributed by atoms with van der Waals surface area (Å²) in [5, 5.41) is 3.11. The molecule has 0 radical (unpaired) electrons. The molecule has 2 atom stereocenters. The number of nitrogens with zero attached hydrogens (tertiary/aromatic N) is 1. The Labute approximate surface area is 190 Å². The van der Waals surface area contributed by atoms with Crippen molar-refractivity contribution in [1.82, 2.24) is 5.32 Å². The summed E-state index contributed by atoms with van der Waals surface area (Å²) in [6.45, 7) is 0.691. The Morgan fingerprint density at radius 3 is 2.56 bits per heavy atom. The van der Waals surface area contributed by atoms with E-state index in [0.29, 0.717) is 13.0 Å². The van der Waals surface area contributed by atoms with Crippen molar-refractivity contribution in [2.24, 2.45) is 11.7 Å². The minimum atomic E-state index is -0.480. The number of carbonyl (C=O) groups excluding carboxylic acids is 2. The summed E-state index contributed by atoms with van der Waals surface area (Å²) in [6, 6.07) is 17.5. The maximum atomic E-state index is 12.9. The van der Waals surface area contributed by atoms with Crippen LogP contribution in [0.5, 0.6) is 0 Å². The zero-order chi connectivity index (χ0) is 22.3. The molecule has 32 heavy (non-hydrogen) atoms. The van der Waals surface area contributed by atoms with Crippen LogP contribution in [0.2, 0.25) is 0 Å². The number of aryl methyl sites for hydroxylation is 1. The lowest BCUT2D eigenvalue weighted by molar-refractivity contribution is -0.124. The number of hydrogen-bond donors (Lipinski definition) is 2. The van der Waals surface area contributed by atoms with Crippen LogP contribution in [-0.4, -0.2) is 30.4 Å². The first-order valence-corrected chi connectivity index (χ1v) is 11.8. The standard InChI is InChI=1S/C27H33N3O2/c28-26(22-11-4-5-12-22)27(32)29-23(15-14-20-8-2-1-3-9-20)16-17-25(31)30-19-18-21-10-6-7-13-24(21)30/h1-3,6-10,13,16-17,22-23,26H,4-5,11-12,14-15,18-19,28H2,(H,29,32)/t23-,26-/m0/s1. The number of para-hydroxylation sites is 1. The molecule has 1 fully saturated rings. The highest BCUT2D eigenvalue weighted by molar-refractivity contribution is 6.03. The maximum absolute atomic E-state index is 12.9. The predicted octanol–water partition coefficient (Wildman–Crippen LogP) is 3.77. The second-order valence-electron chi connectivity index (χ2n) is 8.94. The van der Waals surface area contributed by atoms with E-state index in [1.54, 1.807) is 6.08 Å². The van der Waals surface area contributed by atoms with Crippen molar-refractivity contribution in [3.8, 4) is 0 Å². The summed E-state index contributed by atoms with van der Waals surface area (Å²) in [5.41, 5.74) is 9.67. The molecular weight excluding hydrogens is 398 g/mol. The van der Waals surface area contributed by atoms with Gasteiger partial charge in [-0.2, -0.15) is 0 Å². The average molecular weight is 432 g/mol. The number of rotatable bonds is 8. The Kier molecular flexibility index (Phi) is 7.38. The molecular formula is C27H33N3O2. The zero-order valence-electron chi connectivity index (χ0n) is 18.6. The fraction of sp³-hybridized carbons (Fsp3) is 0.407. The normalized spacial score (nSPS) is 18.0. The number of carbonyl (C=O) groups is 2. The number of fused-ring (bicyclic) bond motifs is 1. The van der Waals surface area contributed by atoms with E-state index in [2.05, 4.69) is 23.5 Å². The van der Waals surface area contributed by atoms with Crippen molar-refractivity contribution in [2.45, 2.75) is 57.0 Å². The van der Waals surface area contributed by atoms with Gasteiger partial charge in [0.1, 0.15) is 0 Å². The SMILES string of the molecule is N[C@H](C(=O)N[C@H](C=CC(=O)N1CCc2ccccc21)CCc1ccccc1)C1CCCC1. The van der Waals surface area contributed by atoms with Crippen LogP contribution < -0.4 is 16.0 Å². The van der Waals surface area contributed by atoms with Crippen molar-refractivity contribution in [3.05, 3.63) is 77.9 Å². The van der Waals surface area contributed by atoms with Crippen LogP contribution in [0.15, 0.2) is 66.7 Å². The molecule has 0 unspecified atom stereocenters. The smallest absolute Gasteiger partial charge is 0.250 e. The lowest BCUT2D eigenvalue weighted by Gasteiger charge is -2.22. The van der Waals surface area contributed by atoms with Gasteiger partial charge in [0.2, 0.25) is 5.91 Å². The highest BCUT2D eigenvalue weighted by Crippen LogP contribution is 2.28. The molecule has 2 aliphatic rings. The molecule has 168 valence electrons. The van der Waals surface area contributed by atoms with Gasteiger partial charge >= 0.3 is 0 Å². The molecule has 2 amide bonds. The molecule has 2 aromatic rings. The van der Waals surface area contributed by atoms with Gasteiger partial charge in [0.25, 0.3) is 5.91 Å². The highest BCUT2D eigenvalue weighted by atomic mass is 16.2. The average Bonchev–Trinajstić information content (AvgIpc) is 3.51. The largest absolute Gasteiger partial charge is 0.349 e. The summed E-state index contributed by atoms with van der Waals surface area (Å²) in [4.78, 5) is 27.6. The topological polar surface area (TPSA) is 75.4 Å². The third-order valence-corrected chi connectivity index (χ3v) is 6.75. The van der Waals surface area contributed by atoms with E-state index in [0.717, 1.165) is 44.2 Å². The Morgan fingerprint density at radius 1 is 1.06 bits per heavy atom. The molecule has 5 nitrogen and oxygen atoms in total. The van der Waals surface area contributed by atoms with Gasteiger partial charge in [0.15, 0.2) is 0 Å². The molecule has 0 aromatic heterocycles. The number of nitrogens with two attached hydrogens (primary N) is 1. The lowest BCUT2D eigenvalue weighted by atomic mass is 9.97. The fourth-order valence-electron chi connectivity index (χ4n) is 4.85. The van der Waals surface area contributed by atoms with Gasteiger partial charge in [-0.3, -0.25) is 9.59 Å². The van der Waals surface area contributed by atoms with E-state index in [9.17, 15) is 9.59 Å². The molecule has 4 rings (SSSR count). The maximum Gasteiger partial charge on any atom is 0.250 e. The van der Waals surface area contributed by atoms with Gasteiger partial charge in [-0.15, -0.1) is 0 Å². The Hall–Kier alpha value is -2.92. The van der Waals surface area contributed by atoms with Crippen LogP contribution in [-0.2, 0) is 22.4 Å². The molecule has 1 aliphatic heterocycles. The lowest BCUT2D eigenvalue weighted by Crippen LogP contribution is -2.48. The van der Waals surface area contributed by atoms with Crippen LogP contribution in [0.25, 0.3) is 0 Å². The molecule has 3 N–H and O–H groups in total. The summed E-state index contributed by atoms with van der Waals surface area (Å²) in [5.74, 6) is 0.101. The van der Waals surface area contributed by atoms with Crippen molar-refractivity contribution >= 4 is 17.5 Å². The Bertz CT molecular complexity index is 950. The third kappa shape index (κ3) is 5.46. The second-order valence-corrected chi connectivity index (χ2v) is 8.94. The second kappa shape index (κ2) is 10.6. The third-order valence-electron chi connectivity index (χ3n) is 6.75. The van der Waals surface area contributed by atoms with Crippen LogP contribution in [0.3, 0.4) is 0 Å². The zero-order valence-corrected chi connectivity index (χ0v) is 18.6. The van der Waals surface area contributed by atoms with E-state index in [-0.39, 0.29) is 23.8 Å². The summed E-state index contributed by atoms with van der Waals surface area (Å²) in [7, 11) is 0. The number of hydrogen-bond acceptors (Lipinski definition) is 3. The molecule has 0 bridgehead atoms. The first-order chi connectivity index (χ1) is 15.6. The van der Waals surface area contributed by atoms with E-state index in [4.69, 9.17) is 5.73 Å². The molecule has 1 saturated carbocycles. The van der Waals surface area contributed by atoms with E-state index in [1.165, 1.54) is 11.1 Å². The number of anilines is 1. The summed E-state index contributed by atoms with van der Waals surface area (Å²) < 4.78 is 0. The molecule has 5 heteroatoms. The van der Waals surface area contributed by atoms with Crippen molar-refractivity contribution in [2.75, 3.05) is 11.4 Å². The van der Waals surface area contributed by atoms with Crippen molar-refractivity contribution < 1.29 is 9.59 Å². The quantitative estimate of drug-likeness (QED) is 0.625. The van der Waals surface area contributed by atoms with Gasteiger partial charge < -0.3 is 16.0 Å². The van der Waals surface area contributed by atoms with Gasteiger partial charge in [-0.1, -0.05) is 67.4 Å². The van der Waals surface area contributed by atoms with E-state index >= 15 is 0 Å².